The van der Waals surface area contributed by atoms with Crippen molar-refractivity contribution in [2.45, 2.75) is 64.3 Å². The minimum absolute atomic E-state index is 0.0681. The fourth-order valence-corrected chi connectivity index (χ4v) is 4.42. The summed E-state index contributed by atoms with van der Waals surface area (Å²) < 4.78 is 1.71. The lowest BCUT2D eigenvalue weighted by atomic mass is 9.97. The molecule has 0 bridgehead atoms. The van der Waals surface area contributed by atoms with Gasteiger partial charge in [-0.25, -0.2) is 14.6 Å². The van der Waals surface area contributed by atoms with E-state index in [2.05, 4.69) is 28.0 Å². The highest BCUT2D eigenvalue weighted by atomic mass is 16.1. The van der Waals surface area contributed by atoms with E-state index in [1.54, 1.807) is 4.68 Å². The monoisotopic (exact) mass is 365 g/mol. The lowest BCUT2D eigenvalue weighted by Gasteiger charge is -2.33. The van der Waals surface area contributed by atoms with Crippen molar-refractivity contribution >= 4 is 5.82 Å². The topological polar surface area (TPSA) is 63.9 Å². The minimum atomic E-state index is 0.0681. The van der Waals surface area contributed by atoms with Crippen LogP contribution in [0.15, 0.2) is 16.9 Å². The first kappa shape index (κ1) is 16.9. The quantitative estimate of drug-likeness (QED) is 0.833. The van der Waals surface area contributed by atoms with E-state index in [1.165, 1.54) is 12.8 Å². The largest absolute Gasteiger partial charge is 0.356 e. The molecule has 3 aliphatic rings. The number of aryl methyl sites for hydroxylation is 3. The molecule has 6 heteroatoms. The molecule has 0 unspecified atom stereocenters. The number of fused-ring (bicyclic) bond motifs is 1. The Kier molecular flexibility index (Phi) is 4.21. The number of hydrogen-bond donors (Lipinski definition) is 0. The van der Waals surface area contributed by atoms with Crippen LogP contribution in [0.5, 0.6) is 0 Å². The summed E-state index contributed by atoms with van der Waals surface area (Å²) in [7, 11) is 0. The Balaban J connectivity index is 1.25. The fraction of sp³-hybridized carbons (Fsp3) is 0.619. The number of aromatic nitrogens is 4. The summed E-state index contributed by atoms with van der Waals surface area (Å²) in [5, 5.41) is 4.64. The van der Waals surface area contributed by atoms with Gasteiger partial charge in [-0.3, -0.25) is 4.79 Å². The Morgan fingerprint density at radius 2 is 1.89 bits per heavy atom. The maximum atomic E-state index is 12.4. The summed E-state index contributed by atoms with van der Waals surface area (Å²) >= 11 is 0. The summed E-state index contributed by atoms with van der Waals surface area (Å²) in [6.45, 7) is 4.79. The van der Waals surface area contributed by atoms with E-state index in [-0.39, 0.29) is 5.56 Å². The van der Waals surface area contributed by atoms with Crippen molar-refractivity contribution in [2.24, 2.45) is 5.92 Å². The van der Waals surface area contributed by atoms with Crippen LogP contribution < -0.4 is 10.5 Å². The molecule has 0 N–H and O–H groups in total. The second kappa shape index (κ2) is 6.73. The third-order valence-corrected chi connectivity index (χ3v) is 6.19. The SMILES string of the molecule is Cc1cc(N2CCC(Cn3nc4c(cc3=O)CCC4)CC2)nc(C2CC2)n1. The summed E-state index contributed by atoms with van der Waals surface area (Å²) in [4.78, 5) is 24.2. The standard InChI is InChI=1S/C21H27N5O/c1-14-11-19(23-21(22-14)16-5-6-16)25-9-7-15(8-10-25)13-26-20(27)12-17-3-2-4-18(17)24-26/h11-12,15-16H,2-10,13H2,1H3. The highest BCUT2D eigenvalue weighted by Gasteiger charge is 2.28. The van der Waals surface area contributed by atoms with E-state index in [4.69, 9.17) is 4.98 Å². The third-order valence-electron chi connectivity index (χ3n) is 6.19. The van der Waals surface area contributed by atoms with Crippen LogP contribution in [0, 0.1) is 12.8 Å². The van der Waals surface area contributed by atoms with Crippen LogP contribution in [-0.4, -0.2) is 32.8 Å². The molecule has 2 fully saturated rings. The van der Waals surface area contributed by atoms with Gasteiger partial charge in [0.05, 0.1) is 5.69 Å². The van der Waals surface area contributed by atoms with Gasteiger partial charge in [0.1, 0.15) is 11.6 Å². The minimum Gasteiger partial charge on any atom is -0.356 e. The van der Waals surface area contributed by atoms with E-state index in [0.29, 0.717) is 11.8 Å². The van der Waals surface area contributed by atoms with Gasteiger partial charge in [0.15, 0.2) is 0 Å². The highest BCUT2D eigenvalue weighted by Crippen LogP contribution is 2.38. The lowest BCUT2D eigenvalue weighted by Crippen LogP contribution is -2.37. The zero-order valence-electron chi connectivity index (χ0n) is 16.0. The molecule has 0 spiro atoms. The number of nitrogens with zero attached hydrogens (tertiary/aromatic N) is 5. The molecule has 1 saturated carbocycles. The third kappa shape index (κ3) is 3.49. The normalized spacial score (nSPS) is 20.1. The fourth-order valence-electron chi connectivity index (χ4n) is 4.42. The van der Waals surface area contributed by atoms with Crippen molar-refractivity contribution in [2.75, 3.05) is 18.0 Å². The van der Waals surface area contributed by atoms with Gasteiger partial charge >= 0.3 is 0 Å². The molecule has 1 aliphatic heterocycles. The zero-order valence-corrected chi connectivity index (χ0v) is 16.0. The number of anilines is 1. The molecule has 142 valence electrons. The predicted molar refractivity (Wildman–Crippen MR) is 104 cm³/mol. The van der Waals surface area contributed by atoms with Gasteiger partial charge in [-0.15, -0.1) is 0 Å². The van der Waals surface area contributed by atoms with Gasteiger partial charge < -0.3 is 4.90 Å². The molecular formula is C21H27N5O. The Hall–Kier alpha value is -2.24. The molecule has 27 heavy (non-hydrogen) atoms. The Morgan fingerprint density at radius 3 is 2.67 bits per heavy atom. The van der Waals surface area contributed by atoms with Crippen LogP contribution in [0.4, 0.5) is 5.82 Å². The lowest BCUT2D eigenvalue weighted by molar-refractivity contribution is 0.333. The zero-order chi connectivity index (χ0) is 18.4. The van der Waals surface area contributed by atoms with Crippen LogP contribution in [-0.2, 0) is 19.4 Å². The second-order valence-electron chi connectivity index (χ2n) is 8.42. The molecule has 5 rings (SSSR count). The summed E-state index contributed by atoms with van der Waals surface area (Å²) in [5.41, 5.74) is 3.43. The van der Waals surface area contributed by atoms with E-state index < -0.39 is 0 Å². The van der Waals surface area contributed by atoms with Crippen molar-refractivity contribution in [1.82, 2.24) is 19.7 Å². The highest BCUT2D eigenvalue weighted by molar-refractivity contribution is 5.41. The molecule has 0 amide bonds. The van der Waals surface area contributed by atoms with Crippen molar-refractivity contribution in [1.29, 1.82) is 0 Å². The predicted octanol–water partition coefficient (Wildman–Crippen LogP) is 2.62. The van der Waals surface area contributed by atoms with E-state index in [9.17, 15) is 4.79 Å². The summed E-state index contributed by atoms with van der Waals surface area (Å²) in [6, 6.07) is 3.92. The van der Waals surface area contributed by atoms with Gasteiger partial charge in [0.25, 0.3) is 5.56 Å². The van der Waals surface area contributed by atoms with Crippen LogP contribution in [0.2, 0.25) is 0 Å². The average molecular weight is 365 g/mol. The maximum Gasteiger partial charge on any atom is 0.267 e. The van der Waals surface area contributed by atoms with Crippen molar-refractivity contribution in [3.8, 4) is 0 Å². The molecule has 0 aromatic carbocycles. The first-order valence-corrected chi connectivity index (χ1v) is 10.4. The summed E-state index contributed by atoms with van der Waals surface area (Å²) in [5.74, 6) is 3.20. The van der Waals surface area contributed by atoms with Gasteiger partial charge in [-0.1, -0.05) is 0 Å². The van der Waals surface area contributed by atoms with Crippen LogP contribution in [0.25, 0.3) is 0 Å². The van der Waals surface area contributed by atoms with Gasteiger partial charge in [-0.2, -0.15) is 5.10 Å². The molecule has 2 aliphatic carbocycles. The second-order valence-corrected chi connectivity index (χ2v) is 8.42. The molecule has 1 saturated heterocycles. The number of piperidine rings is 1. The molecular weight excluding hydrogens is 338 g/mol. The molecule has 2 aromatic rings. The molecule has 0 atom stereocenters. The van der Waals surface area contributed by atoms with Crippen LogP contribution in [0.1, 0.15) is 60.8 Å². The molecule has 0 radical (unpaired) electrons. The average Bonchev–Trinajstić information content (AvgIpc) is 3.42. The summed E-state index contributed by atoms with van der Waals surface area (Å²) in [6.07, 6.45) is 7.77. The van der Waals surface area contributed by atoms with Gasteiger partial charge in [-0.05, 0) is 63.4 Å². The van der Waals surface area contributed by atoms with E-state index in [1.807, 2.05) is 6.07 Å². The number of hydrogen-bond acceptors (Lipinski definition) is 5. The molecule has 6 nitrogen and oxygen atoms in total. The Morgan fingerprint density at radius 1 is 1.07 bits per heavy atom. The Bertz CT molecular complexity index is 909. The smallest absolute Gasteiger partial charge is 0.267 e. The Labute approximate surface area is 159 Å². The van der Waals surface area contributed by atoms with Gasteiger partial charge in [0.2, 0.25) is 0 Å². The van der Waals surface area contributed by atoms with Crippen LogP contribution in [0.3, 0.4) is 0 Å². The number of rotatable bonds is 4. The van der Waals surface area contributed by atoms with Crippen molar-refractivity contribution < 1.29 is 0 Å². The van der Waals surface area contributed by atoms with Crippen molar-refractivity contribution in [3.05, 3.63) is 45.3 Å². The first-order valence-electron chi connectivity index (χ1n) is 10.4. The van der Waals surface area contributed by atoms with E-state index in [0.717, 1.165) is 80.3 Å². The van der Waals surface area contributed by atoms with Crippen LogP contribution >= 0.6 is 0 Å². The molecule has 3 heterocycles. The van der Waals surface area contributed by atoms with Crippen molar-refractivity contribution in [3.63, 3.8) is 0 Å². The van der Waals surface area contributed by atoms with Gasteiger partial charge in [0, 0.05) is 43.4 Å². The van der Waals surface area contributed by atoms with E-state index >= 15 is 0 Å². The molecule has 2 aromatic heterocycles. The maximum absolute atomic E-state index is 12.4. The first-order chi connectivity index (χ1) is 13.2.